The average Bonchev–Trinajstić information content (AvgIpc) is 2.26. The highest BCUT2D eigenvalue weighted by molar-refractivity contribution is 6.27. The van der Waals surface area contributed by atoms with Crippen LogP contribution in [0.1, 0.15) is 27.7 Å². The largest absolute Gasteiger partial charge is 0.473 e. The molecule has 0 saturated carbocycles. The van der Waals surface area contributed by atoms with Gasteiger partial charge in [0.25, 0.3) is 0 Å². The molecule has 0 aromatic rings. The summed E-state index contributed by atoms with van der Waals surface area (Å²) < 4.78 is 5.30. The minimum absolute atomic E-state index is 0.388. The molecule has 7 heteroatoms. The van der Waals surface area contributed by atoms with E-state index in [-0.39, 0.29) is 6.10 Å². The molecule has 0 aliphatic carbocycles. The molecule has 0 bridgehead atoms. The number of rotatable bonds is 7. The van der Waals surface area contributed by atoms with E-state index in [9.17, 15) is 5.11 Å². The van der Waals surface area contributed by atoms with Crippen molar-refractivity contribution in [3.8, 4) is 0 Å². The lowest BCUT2D eigenvalue weighted by Gasteiger charge is -2.14. The first kappa shape index (κ1) is 20.1. The molecule has 19 heavy (non-hydrogen) atoms. The van der Waals surface area contributed by atoms with Crippen molar-refractivity contribution in [2.24, 2.45) is 5.92 Å². The van der Waals surface area contributed by atoms with E-state index < -0.39 is 11.9 Å². The number of carbonyl (C=O) groups is 2. The molecule has 114 valence electrons. The van der Waals surface area contributed by atoms with E-state index in [2.05, 4.69) is 33.0 Å². The highest BCUT2D eigenvalue weighted by Crippen LogP contribution is 1.93. The van der Waals surface area contributed by atoms with Crippen LogP contribution in [0.4, 0.5) is 0 Å². The summed E-state index contributed by atoms with van der Waals surface area (Å²) in [5, 5.41) is 27.4. The summed E-state index contributed by atoms with van der Waals surface area (Å²) in [6.45, 7) is 10.1. The fraction of sp³-hybridized carbons (Fsp3) is 0.833. The Bertz CT molecular complexity index is 243. The standard InChI is InChI=1S/C10H23NO2.C2H2O4/c1-8(2)6-13-7-10(12)5-11-9(3)4;3-1(4)2(5)6/h8-12H,5-7H2,1-4H3;(H,3,4)(H,5,6). The Kier molecular flexibility index (Phi) is 12.6. The van der Waals surface area contributed by atoms with E-state index in [0.717, 1.165) is 6.61 Å². The molecule has 1 unspecified atom stereocenters. The molecule has 0 aromatic heterocycles. The predicted octanol–water partition coefficient (Wildman–Crippen LogP) is 0.174. The van der Waals surface area contributed by atoms with Crippen LogP contribution in [0.25, 0.3) is 0 Å². The van der Waals surface area contributed by atoms with E-state index in [1.807, 2.05) is 0 Å². The molecule has 7 nitrogen and oxygen atoms in total. The average molecular weight is 279 g/mol. The van der Waals surface area contributed by atoms with Gasteiger partial charge in [-0.2, -0.15) is 0 Å². The summed E-state index contributed by atoms with van der Waals surface area (Å²) in [6, 6.07) is 0.416. The molecular weight excluding hydrogens is 254 g/mol. The summed E-state index contributed by atoms with van der Waals surface area (Å²) in [7, 11) is 0. The molecular formula is C12H25NO6. The molecule has 0 saturated heterocycles. The van der Waals surface area contributed by atoms with Gasteiger partial charge in [-0.25, -0.2) is 9.59 Å². The van der Waals surface area contributed by atoms with Crippen LogP contribution in [-0.2, 0) is 14.3 Å². The third kappa shape index (κ3) is 19.3. The number of aliphatic carboxylic acids is 2. The highest BCUT2D eigenvalue weighted by atomic mass is 16.5. The first-order valence-electron chi connectivity index (χ1n) is 6.12. The molecule has 0 rings (SSSR count). The van der Waals surface area contributed by atoms with Crippen LogP contribution in [-0.4, -0.2) is 59.2 Å². The number of hydrogen-bond acceptors (Lipinski definition) is 5. The molecule has 0 aliphatic rings. The number of carboxylic acid groups (broad SMARTS) is 2. The fourth-order valence-corrected chi connectivity index (χ4v) is 0.870. The van der Waals surface area contributed by atoms with Crippen molar-refractivity contribution >= 4 is 11.9 Å². The van der Waals surface area contributed by atoms with Crippen LogP contribution < -0.4 is 5.32 Å². The third-order valence-corrected chi connectivity index (χ3v) is 1.71. The Labute approximate surface area is 113 Å². The second-order valence-corrected chi connectivity index (χ2v) is 4.76. The van der Waals surface area contributed by atoms with Crippen LogP contribution in [0.15, 0.2) is 0 Å². The van der Waals surface area contributed by atoms with Crippen molar-refractivity contribution in [2.45, 2.75) is 39.8 Å². The van der Waals surface area contributed by atoms with E-state index >= 15 is 0 Å². The second-order valence-electron chi connectivity index (χ2n) is 4.76. The maximum absolute atomic E-state index is 9.42. The zero-order chi connectivity index (χ0) is 15.4. The van der Waals surface area contributed by atoms with E-state index in [1.54, 1.807) is 0 Å². The van der Waals surface area contributed by atoms with Gasteiger partial charge in [-0.1, -0.05) is 27.7 Å². The zero-order valence-corrected chi connectivity index (χ0v) is 11.9. The topological polar surface area (TPSA) is 116 Å². The van der Waals surface area contributed by atoms with E-state index in [1.165, 1.54) is 0 Å². The van der Waals surface area contributed by atoms with Crippen molar-refractivity contribution in [3.63, 3.8) is 0 Å². The lowest BCUT2D eigenvalue weighted by Crippen LogP contribution is -2.34. The molecule has 0 radical (unpaired) electrons. The summed E-state index contributed by atoms with van der Waals surface area (Å²) >= 11 is 0. The van der Waals surface area contributed by atoms with Gasteiger partial charge >= 0.3 is 11.9 Å². The van der Waals surface area contributed by atoms with Crippen molar-refractivity contribution in [2.75, 3.05) is 19.8 Å². The van der Waals surface area contributed by atoms with Crippen LogP contribution in [0, 0.1) is 5.92 Å². The van der Waals surface area contributed by atoms with Crippen LogP contribution in [0.5, 0.6) is 0 Å². The highest BCUT2D eigenvalue weighted by Gasteiger charge is 2.05. The number of aliphatic hydroxyl groups is 1. The van der Waals surface area contributed by atoms with E-state index in [4.69, 9.17) is 24.5 Å². The van der Waals surface area contributed by atoms with Gasteiger partial charge in [0.05, 0.1) is 12.7 Å². The summed E-state index contributed by atoms with van der Waals surface area (Å²) in [6.07, 6.45) is -0.388. The maximum atomic E-state index is 9.42. The lowest BCUT2D eigenvalue weighted by molar-refractivity contribution is -0.159. The second kappa shape index (κ2) is 11.9. The number of nitrogens with one attached hydrogen (secondary N) is 1. The lowest BCUT2D eigenvalue weighted by atomic mass is 10.2. The Morgan fingerprint density at radius 1 is 1.05 bits per heavy atom. The molecule has 0 spiro atoms. The van der Waals surface area contributed by atoms with Crippen molar-refractivity contribution in [3.05, 3.63) is 0 Å². The number of ether oxygens (including phenoxy) is 1. The molecule has 0 amide bonds. The van der Waals surface area contributed by atoms with Crippen molar-refractivity contribution < 1.29 is 29.6 Å². The Morgan fingerprint density at radius 3 is 1.84 bits per heavy atom. The quantitative estimate of drug-likeness (QED) is 0.491. The first-order valence-corrected chi connectivity index (χ1v) is 6.12. The zero-order valence-electron chi connectivity index (χ0n) is 11.9. The molecule has 1 atom stereocenters. The van der Waals surface area contributed by atoms with Gasteiger partial charge in [0.15, 0.2) is 0 Å². The minimum Gasteiger partial charge on any atom is -0.473 e. The molecule has 0 heterocycles. The summed E-state index contributed by atoms with van der Waals surface area (Å²) in [5.74, 6) is -3.12. The summed E-state index contributed by atoms with van der Waals surface area (Å²) in [5.41, 5.74) is 0. The van der Waals surface area contributed by atoms with Gasteiger partial charge in [-0.15, -0.1) is 0 Å². The number of hydrogen-bond donors (Lipinski definition) is 4. The monoisotopic (exact) mass is 279 g/mol. The fourth-order valence-electron chi connectivity index (χ4n) is 0.870. The van der Waals surface area contributed by atoms with Gasteiger partial charge in [-0.05, 0) is 5.92 Å². The predicted molar refractivity (Wildman–Crippen MR) is 70.1 cm³/mol. The summed E-state index contributed by atoms with van der Waals surface area (Å²) in [4.78, 5) is 18.2. The Balaban J connectivity index is 0. The van der Waals surface area contributed by atoms with Gasteiger partial charge in [0, 0.05) is 19.2 Å². The van der Waals surface area contributed by atoms with Gasteiger partial charge in [-0.3, -0.25) is 0 Å². The third-order valence-electron chi connectivity index (χ3n) is 1.71. The SMILES string of the molecule is CC(C)COCC(O)CNC(C)C.O=C(O)C(=O)O. The smallest absolute Gasteiger partial charge is 0.414 e. The maximum Gasteiger partial charge on any atom is 0.414 e. The van der Waals surface area contributed by atoms with Crippen molar-refractivity contribution in [1.29, 1.82) is 0 Å². The first-order chi connectivity index (χ1) is 8.66. The van der Waals surface area contributed by atoms with Gasteiger partial charge < -0.3 is 25.4 Å². The number of aliphatic hydroxyl groups excluding tert-OH is 1. The number of carboxylic acids is 2. The van der Waals surface area contributed by atoms with Crippen LogP contribution >= 0.6 is 0 Å². The molecule has 0 aliphatic heterocycles. The van der Waals surface area contributed by atoms with Crippen LogP contribution in [0.2, 0.25) is 0 Å². The van der Waals surface area contributed by atoms with Crippen molar-refractivity contribution in [1.82, 2.24) is 5.32 Å². The normalized spacial score (nSPS) is 11.9. The van der Waals surface area contributed by atoms with Crippen LogP contribution in [0.3, 0.4) is 0 Å². The molecule has 0 fully saturated rings. The minimum atomic E-state index is -1.82. The Hall–Kier alpha value is -1.18. The van der Waals surface area contributed by atoms with Gasteiger partial charge in [0.1, 0.15) is 0 Å². The molecule has 4 N–H and O–H groups in total. The van der Waals surface area contributed by atoms with Gasteiger partial charge in [0.2, 0.25) is 0 Å². The Morgan fingerprint density at radius 2 is 1.53 bits per heavy atom. The molecule has 0 aromatic carbocycles. The van der Waals surface area contributed by atoms with E-state index in [0.29, 0.717) is 25.1 Å².